The Labute approximate surface area is 170 Å². The predicted octanol–water partition coefficient (Wildman–Crippen LogP) is 4.41. The molecule has 29 heavy (non-hydrogen) atoms. The first-order valence-electron chi connectivity index (χ1n) is 9.66. The van der Waals surface area contributed by atoms with Gasteiger partial charge in [0.2, 0.25) is 11.8 Å². The van der Waals surface area contributed by atoms with Gasteiger partial charge in [-0.2, -0.15) is 0 Å². The number of carbonyl (C=O) groups excluding carboxylic acids is 2. The second-order valence-electron chi connectivity index (χ2n) is 6.90. The smallest absolute Gasteiger partial charge is 0.224 e. The van der Waals surface area contributed by atoms with Crippen LogP contribution in [0.3, 0.4) is 0 Å². The molecule has 0 unspecified atom stereocenters. The topological polar surface area (TPSA) is 84.2 Å². The molecule has 4 N–H and O–H groups in total. The third-order valence-electron chi connectivity index (χ3n) is 4.53. The number of hydrogen-bond donors (Lipinski definition) is 3. The minimum absolute atomic E-state index is 0.0345. The highest BCUT2D eigenvalue weighted by Crippen LogP contribution is 2.15. The fraction of sp³-hybridized carbons (Fsp3) is 0.167. The molecule has 0 radical (unpaired) electrons. The van der Waals surface area contributed by atoms with Crippen LogP contribution in [0.4, 0.5) is 17.1 Å². The maximum atomic E-state index is 12.1. The summed E-state index contributed by atoms with van der Waals surface area (Å²) in [7, 11) is 0. The molecule has 0 aliphatic rings. The maximum absolute atomic E-state index is 12.1. The summed E-state index contributed by atoms with van der Waals surface area (Å²) in [5.74, 6) is -0.0974. The quantitative estimate of drug-likeness (QED) is 0.501. The van der Waals surface area contributed by atoms with E-state index in [1.807, 2.05) is 54.6 Å². The van der Waals surface area contributed by atoms with Crippen LogP contribution in [0.5, 0.6) is 0 Å². The average molecular weight is 387 g/mol. The van der Waals surface area contributed by atoms with Gasteiger partial charge in [-0.1, -0.05) is 42.5 Å². The molecule has 3 aromatic carbocycles. The van der Waals surface area contributed by atoms with Crippen LogP contribution in [0.2, 0.25) is 0 Å². The average Bonchev–Trinajstić information content (AvgIpc) is 2.73. The van der Waals surface area contributed by atoms with E-state index in [0.717, 1.165) is 11.1 Å². The lowest BCUT2D eigenvalue weighted by molar-refractivity contribution is -0.117. The molecule has 0 fully saturated rings. The number of aryl methyl sites for hydroxylation is 2. The third kappa shape index (κ3) is 6.81. The van der Waals surface area contributed by atoms with Gasteiger partial charge in [0.15, 0.2) is 0 Å². The van der Waals surface area contributed by atoms with Crippen LogP contribution in [0.15, 0.2) is 78.9 Å². The van der Waals surface area contributed by atoms with Crippen LogP contribution in [-0.2, 0) is 22.4 Å². The molecule has 0 heterocycles. The number of nitrogens with one attached hydrogen (secondary N) is 2. The van der Waals surface area contributed by atoms with Crippen LogP contribution in [0.1, 0.15) is 24.0 Å². The van der Waals surface area contributed by atoms with E-state index in [1.165, 1.54) is 0 Å². The molecule has 3 aromatic rings. The zero-order valence-electron chi connectivity index (χ0n) is 16.2. The summed E-state index contributed by atoms with van der Waals surface area (Å²) in [6.45, 7) is 0. The first-order valence-corrected chi connectivity index (χ1v) is 9.66. The van der Waals surface area contributed by atoms with Gasteiger partial charge in [-0.15, -0.1) is 0 Å². The monoisotopic (exact) mass is 387 g/mol. The molecule has 3 rings (SSSR count). The summed E-state index contributed by atoms with van der Waals surface area (Å²) in [4.78, 5) is 24.2. The van der Waals surface area contributed by atoms with Crippen molar-refractivity contribution >= 4 is 28.9 Å². The van der Waals surface area contributed by atoms with E-state index in [9.17, 15) is 9.59 Å². The summed E-state index contributed by atoms with van der Waals surface area (Å²) in [6.07, 6.45) is 2.13. The second kappa shape index (κ2) is 10.1. The van der Waals surface area contributed by atoms with E-state index in [4.69, 9.17) is 5.73 Å². The van der Waals surface area contributed by atoms with Crippen LogP contribution in [0.25, 0.3) is 0 Å². The normalized spacial score (nSPS) is 10.3. The molecule has 5 heteroatoms. The fourth-order valence-corrected chi connectivity index (χ4v) is 2.99. The largest absolute Gasteiger partial charge is 0.399 e. The van der Waals surface area contributed by atoms with Crippen molar-refractivity contribution in [3.05, 3.63) is 90.0 Å². The lowest BCUT2D eigenvalue weighted by atomic mass is 10.1. The van der Waals surface area contributed by atoms with Crippen molar-refractivity contribution in [1.82, 2.24) is 0 Å². The number of carbonyl (C=O) groups is 2. The first kappa shape index (κ1) is 20.1. The maximum Gasteiger partial charge on any atom is 0.224 e. The van der Waals surface area contributed by atoms with Gasteiger partial charge >= 0.3 is 0 Å². The van der Waals surface area contributed by atoms with Gasteiger partial charge in [-0.25, -0.2) is 0 Å². The number of rotatable bonds is 8. The van der Waals surface area contributed by atoms with Crippen LogP contribution in [0, 0.1) is 0 Å². The van der Waals surface area contributed by atoms with Crippen molar-refractivity contribution in [1.29, 1.82) is 0 Å². The predicted molar refractivity (Wildman–Crippen MR) is 118 cm³/mol. The van der Waals surface area contributed by atoms with E-state index in [2.05, 4.69) is 10.6 Å². The van der Waals surface area contributed by atoms with Gasteiger partial charge in [0.25, 0.3) is 0 Å². The van der Waals surface area contributed by atoms with Gasteiger partial charge < -0.3 is 16.4 Å². The lowest BCUT2D eigenvalue weighted by Gasteiger charge is -2.08. The number of amides is 2. The SMILES string of the molecule is Nc1cccc(CCC(=O)Nc2ccc(NC(=O)CCc3ccccc3)cc2)c1. The van der Waals surface area contributed by atoms with Crippen molar-refractivity contribution in [2.45, 2.75) is 25.7 Å². The standard InChI is InChI=1S/C24H25N3O2/c25-20-8-4-7-19(17-20)10-16-24(29)27-22-13-11-21(12-14-22)26-23(28)15-9-18-5-2-1-3-6-18/h1-8,11-14,17H,9-10,15-16,25H2,(H,26,28)(H,27,29). The first-order chi connectivity index (χ1) is 14.1. The number of anilines is 3. The molecular formula is C24H25N3O2. The molecule has 0 saturated carbocycles. The van der Waals surface area contributed by atoms with Crippen molar-refractivity contribution in [3.63, 3.8) is 0 Å². The summed E-state index contributed by atoms with van der Waals surface area (Å²) in [6, 6.07) is 24.6. The summed E-state index contributed by atoms with van der Waals surface area (Å²) in [5, 5.41) is 5.75. The molecule has 5 nitrogen and oxygen atoms in total. The molecule has 0 aliphatic carbocycles. The second-order valence-corrected chi connectivity index (χ2v) is 6.90. The van der Waals surface area contributed by atoms with E-state index in [0.29, 0.717) is 42.7 Å². The molecular weight excluding hydrogens is 362 g/mol. The Morgan fingerprint density at radius 2 is 1.17 bits per heavy atom. The van der Waals surface area contributed by atoms with Gasteiger partial charge in [0.05, 0.1) is 0 Å². The molecule has 0 aromatic heterocycles. The van der Waals surface area contributed by atoms with E-state index in [-0.39, 0.29) is 11.8 Å². The molecule has 0 bridgehead atoms. The minimum Gasteiger partial charge on any atom is -0.399 e. The Balaban J connectivity index is 1.43. The highest BCUT2D eigenvalue weighted by atomic mass is 16.2. The molecule has 0 atom stereocenters. The van der Waals surface area contributed by atoms with E-state index < -0.39 is 0 Å². The minimum atomic E-state index is -0.0629. The number of hydrogen-bond acceptors (Lipinski definition) is 3. The van der Waals surface area contributed by atoms with E-state index >= 15 is 0 Å². The Morgan fingerprint density at radius 1 is 0.655 bits per heavy atom. The van der Waals surface area contributed by atoms with Gasteiger partial charge in [0.1, 0.15) is 0 Å². The van der Waals surface area contributed by atoms with Crippen LogP contribution in [-0.4, -0.2) is 11.8 Å². The van der Waals surface area contributed by atoms with Gasteiger partial charge in [-0.3, -0.25) is 9.59 Å². The summed E-state index contributed by atoms with van der Waals surface area (Å²) < 4.78 is 0. The van der Waals surface area contributed by atoms with Crippen molar-refractivity contribution in [3.8, 4) is 0 Å². The third-order valence-corrected chi connectivity index (χ3v) is 4.53. The summed E-state index contributed by atoms with van der Waals surface area (Å²) in [5.41, 5.74) is 10.0. The Bertz CT molecular complexity index is 953. The molecule has 0 saturated heterocycles. The number of nitrogens with two attached hydrogens (primary N) is 1. The van der Waals surface area contributed by atoms with E-state index in [1.54, 1.807) is 24.3 Å². The highest BCUT2D eigenvalue weighted by Gasteiger charge is 2.06. The Morgan fingerprint density at radius 3 is 1.72 bits per heavy atom. The zero-order chi connectivity index (χ0) is 20.5. The Hall–Kier alpha value is -3.60. The highest BCUT2D eigenvalue weighted by molar-refractivity contribution is 5.93. The van der Waals surface area contributed by atoms with Crippen LogP contribution < -0.4 is 16.4 Å². The zero-order valence-corrected chi connectivity index (χ0v) is 16.2. The molecule has 2 amide bonds. The molecule has 0 spiro atoms. The van der Waals surface area contributed by atoms with Crippen molar-refractivity contribution in [2.75, 3.05) is 16.4 Å². The van der Waals surface area contributed by atoms with Crippen molar-refractivity contribution in [2.24, 2.45) is 0 Å². The lowest BCUT2D eigenvalue weighted by Crippen LogP contribution is -2.13. The fourth-order valence-electron chi connectivity index (χ4n) is 2.99. The van der Waals surface area contributed by atoms with Gasteiger partial charge in [-0.05, 0) is 60.4 Å². The molecule has 0 aliphatic heterocycles. The van der Waals surface area contributed by atoms with Gasteiger partial charge in [0, 0.05) is 29.9 Å². The van der Waals surface area contributed by atoms with Crippen LogP contribution >= 0.6 is 0 Å². The number of benzene rings is 3. The molecule has 148 valence electrons. The number of nitrogen functional groups attached to an aromatic ring is 1. The van der Waals surface area contributed by atoms with Crippen molar-refractivity contribution < 1.29 is 9.59 Å². The Kier molecular flexibility index (Phi) is 7.00. The summed E-state index contributed by atoms with van der Waals surface area (Å²) >= 11 is 0.